The van der Waals surface area contributed by atoms with Gasteiger partial charge in [-0.25, -0.2) is 0 Å². The van der Waals surface area contributed by atoms with Gasteiger partial charge in [-0.05, 0) is 12.3 Å². The number of carbonyl (C=O) groups is 1. The Morgan fingerprint density at radius 2 is 2.05 bits per heavy atom. The minimum atomic E-state index is -4.32. The molecule has 1 aliphatic rings. The maximum absolute atomic E-state index is 12.1. The Bertz CT molecular complexity index is 308. The fourth-order valence-corrected chi connectivity index (χ4v) is 2.13. The largest absolute Gasteiger partial charge is 0.411 e. The molecule has 0 aromatic heterocycles. The molecule has 1 heterocycles. The summed E-state index contributed by atoms with van der Waals surface area (Å²) in [6.45, 7) is 4.61. The summed E-state index contributed by atoms with van der Waals surface area (Å²) in [4.78, 5) is 13.7. The van der Waals surface area contributed by atoms with Crippen LogP contribution in [0.2, 0.25) is 0 Å². The van der Waals surface area contributed by atoms with E-state index in [9.17, 15) is 18.0 Å². The van der Waals surface area contributed by atoms with Gasteiger partial charge in [-0.15, -0.1) is 0 Å². The summed E-state index contributed by atoms with van der Waals surface area (Å²) in [7, 11) is 0. The van der Waals surface area contributed by atoms with Crippen molar-refractivity contribution < 1.29 is 22.7 Å². The molecule has 1 N–H and O–H groups in total. The van der Waals surface area contributed by atoms with Crippen LogP contribution in [0.5, 0.6) is 0 Å². The highest BCUT2D eigenvalue weighted by Gasteiger charge is 2.39. The molecule has 0 radical (unpaired) electrons. The Morgan fingerprint density at radius 1 is 1.42 bits per heavy atom. The summed E-state index contributed by atoms with van der Waals surface area (Å²) in [5.41, 5.74) is 0. The first-order valence-corrected chi connectivity index (χ1v) is 6.47. The van der Waals surface area contributed by atoms with Crippen LogP contribution in [0, 0.1) is 5.92 Å². The van der Waals surface area contributed by atoms with Crippen molar-refractivity contribution in [2.24, 2.45) is 5.92 Å². The molecule has 4 nitrogen and oxygen atoms in total. The van der Waals surface area contributed by atoms with Crippen LogP contribution in [0.4, 0.5) is 13.2 Å². The quantitative estimate of drug-likeness (QED) is 0.755. The van der Waals surface area contributed by atoms with E-state index in [0.29, 0.717) is 6.42 Å². The molecule has 0 spiro atoms. The number of ether oxygens (including phenoxy) is 1. The molecule has 0 saturated carbocycles. The van der Waals surface area contributed by atoms with Crippen molar-refractivity contribution in [1.82, 2.24) is 10.2 Å². The second kappa shape index (κ2) is 6.56. The minimum Gasteiger partial charge on any atom is -0.370 e. The Balaban J connectivity index is 2.45. The highest BCUT2D eigenvalue weighted by molar-refractivity contribution is 5.84. The lowest BCUT2D eigenvalue weighted by Gasteiger charge is -2.23. The van der Waals surface area contributed by atoms with Crippen LogP contribution in [-0.4, -0.2) is 48.9 Å². The van der Waals surface area contributed by atoms with Gasteiger partial charge < -0.3 is 9.64 Å². The van der Waals surface area contributed by atoms with E-state index in [1.165, 1.54) is 0 Å². The average molecular weight is 282 g/mol. The highest BCUT2D eigenvalue weighted by atomic mass is 19.4. The molecular formula is C12H21F3N2O2. The second-order valence-electron chi connectivity index (χ2n) is 5.01. The first-order chi connectivity index (χ1) is 8.76. The number of carbonyl (C=O) groups excluding carboxylic acids is 1. The van der Waals surface area contributed by atoms with E-state index in [-0.39, 0.29) is 37.2 Å². The van der Waals surface area contributed by atoms with E-state index in [2.05, 4.69) is 10.1 Å². The van der Waals surface area contributed by atoms with Crippen molar-refractivity contribution in [1.29, 1.82) is 0 Å². The molecule has 0 bridgehead atoms. The predicted octanol–water partition coefficient (Wildman–Crippen LogP) is 1.76. The Hall–Kier alpha value is -0.820. The van der Waals surface area contributed by atoms with E-state index >= 15 is 0 Å². The van der Waals surface area contributed by atoms with E-state index in [4.69, 9.17) is 0 Å². The first kappa shape index (κ1) is 16.2. The molecule has 1 fully saturated rings. The molecule has 0 aromatic carbocycles. The van der Waals surface area contributed by atoms with Gasteiger partial charge in [0.1, 0.15) is 6.61 Å². The zero-order valence-corrected chi connectivity index (χ0v) is 11.5. The minimum absolute atomic E-state index is 0.0579. The summed E-state index contributed by atoms with van der Waals surface area (Å²) >= 11 is 0. The summed E-state index contributed by atoms with van der Waals surface area (Å²) in [6, 6.07) is -0.257. The van der Waals surface area contributed by atoms with Crippen molar-refractivity contribution in [2.45, 2.75) is 45.6 Å². The highest BCUT2D eigenvalue weighted by Crippen LogP contribution is 2.19. The molecule has 1 aliphatic heterocycles. The Kier molecular flexibility index (Phi) is 5.61. The monoisotopic (exact) mass is 282 g/mol. The molecule has 2 unspecified atom stereocenters. The van der Waals surface area contributed by atoms with Gasteiger partial charge in [0, 0.05) is 6.54 Å². The fraction of sp³-hybridized carbons (Fsp3) is 0.917. The van der Waals surface area contributed by atoms with E-state index < -0.39 is 12.8 Å². The van der Waals surface area contributed by atoms with Gasteiger partial charge in [-0.2, -0.15) is 13.2 Å². The maximum atomic E-state index is 12.1. The van der Waals surface area contributed by atoms with Crippen LogP contribution < -0.4 is 5.32 Å². The SMILES string of the molecule is CCC1NC(C(C)C)C(=O)N1CCOCC(F)(F)F. The zero-order valence-electron chi connectivity index (χ0n) is 11.5. The molecule has 0 aliphatic carbocycles. The van der Waals surface area contributed by atoms with Crippen LogP contribution in [0.25, 0.3) is 0 Å². The van der Waals surface area contributed by atoms with Crippen LogP contribution >= 0.6 is 0 Å². The molecule has 2 atom stereocenters. The lowest BCUT2D eigenvalue weighted by Crippen LogP contribution is -2.39. The third-order valence-corrected chi connectivity index (χ3v) is 3.09. The van der Waals surface area contributed by atoms with Crippen LogP contribution in [0.15, 0.2) is 0 Å². The molecule has 7 heteroatoms. The number of halogens is 3. The topological polar surface area (TPSA) is 41.6 Å². The van der Waals surface area contributed by atoms with Gasteiger partial charge >= 0.3 is 6.18 Å². The van der Waals surface area contributed by atoms with Gasteiger partial charge in [0.15, 0.2) is 0 Å². The van der Waals surface area contributed by atoms with Crippen LogP contribution in [0.3, 0.4) is 0 Å². The third-order valence-electron chi connectivity index (χ3n) is 3.09. The van der Waals surface area contributed by atoms with Crippen molar-refractivity contribution in [3.63, 3.8) is 0 Å². The normalized spacial score (nSPS) is 24.6. The van der Waals surface area contributed by atoms with Gasteiger partial charge in [0.05, 0.1) is 18.8 Å². The number of nitrogens with zero attached hydrogens (tertiary/aromatic N) is 1. The summed E-state index contributed by atoms with van der Waals surface area (Å²) in [5, 5.41) is 3.20. The number of hydrogen-bond acceptors (Lipinski definition) is 3. The van der Waals surface area contributed by atoms with Gasteiger partial charge in [0.25, 0.3) is 0 Å². The summed E-state index contributed by atoms with van der Waals surface area (Å²) < 4.78 is 40.3. The van der Waals surface area contributed by atoms with Gasteiger partial charge in [0.2, 0.25) is 5.91 Å². The van der Waals surface area contributed by atoms with Crippen molar-refractivity contribution in [3.8, 4) is 0 Å². The van der Waals surface area contributed by atoms with Crippen molar-refractivity contribution in [2.75, 3.05) is 19.8 Å². The molecule has 1 amide bonds. The number of amides is 1. The summed E-state index contributed by atoms with van der Waals surface area (Å²) in [6.07, 6.45) is -3.72. The van der Waals surface area contributed by atoms with Gasteiger partial charge in [-0.1, -0.05) is 20.8 Å². The van der Waals surface area contributed by atoms with Crippen LogP contribution in [-0.2, 0) is 9.53 Å². The van der Waals surface area contributed by atoms with Crippen molar-refractivity contribution >= 4 is 5.91 Å². The number of rotatable bonds is 6. The average Bonchev–Trinajstić information content (AvgIpc) is 2.60. The van der Waals surface area contributed by atoms with Gasteiger partial charge in [-0.3, -0.25) is 10.1 Å². The maximum Gasteiger partial charge on any atom is 0.411 e. The Morgan fingerprint density at radius 3 is 2.53 bits per heavy atom. The summed E-state index contributed by atoms with van der Waals surface area (Å²) in [5.74, 6) is 0.0973. The first-order valence-electron chi connectivity index (χ1n) is 6.47. The standard InChI is InChI=1S/C12H21F3N2O2/c1-4-9-16-10(8(2)3)11(18)17(9)5-6-19-7-12(13,14)15/h8-10,16H,4-7H2,1-3H3. The molecule has 19 heavy (non-hydrogen) atoms. The number of nitrogens with one attached hydrogen (secondary N) is 1. The Labute approximate surface area is 111 Å². The number of alkyl halides is 3. The van der Waals surface area contributed by atoms with E-state index in [0.717, 1.165) is 0 Å². The van der Waals surface area contributed by atoms with Crippen molar-refractivity contribution in [3.05, 3.63) is 0 Å². The zero-order chi connectivity index (χ0) is 14.6. The molecular weight excluding hydrogens is 261 g/mol. The molecule has 112 valence electrons. The lowest BCUT2D eigenvalue weighted by molar-refractivity contribution is -0.175. The molecule has 0 aromatic rings. The molecule has 1 rings (SSSR count). The third kappa shape index (κ3) is 4.65. The smallest absolute Gasteiger partial charge is 0.370 e. The van der Waals surface area contributed by atoms with E-state index in [1.54, 1.807) is 4.90 Å². The fourth-order valence-electron chi connectivity index (χ4n) is 2.13. The predicted molar refractivity (Wildman–Crippen MR) is 64.4 cm³/mol. The van der Waals surface area contributed by atoms with Crippen LogP contribution in [0.1, 0.15) is 27.2 Å². The molecule has 1 saturated heterocycles. The van der Waals surface area contributed by atoms with E-state index in [1.807, 2.05) is 20.8 Å². The second-order valence-corrected chi connectivity index (χ2v) is 5.01. The lowest BCUT2D eigenvalue weighted by atomic mass is 10.1. The number of hydrogen-bond donors (Lipinski definition) is 1.